The highest BCUT2D eigenvalue weighted by atomic mass is 35.5. The predicted molar refractivity (Wildman–Crippen MR) is 140 cm³/mol. The highest BCUT2D eigenvalue weighted by Gasteiger charge is 2.60. The van der Waals surface area contributed by atoms with Gasteiger partial charge in [0.2, 0.25) is 5.28 Å². The van der Waals surface area contributed by atoms with Crippen LogP contribution in [0.1, 0.15) is 58.6 Å². The second-order valence-corrected chi connectivity index (χ2v) is 15.2. The molecule has 9 atom stereocenters. The molecular weight excluding hydrogens is 551 g/mol. The van der Waals surface area contributed by atoms with Crippen molar-refractivity contribution in [3.63, 3.8) is 0 Å². The first kappa shape index (κ1) is 27.3. The number of nitrogens with zero attached hydrogens (tertiary/aromatic N) is 4. The molecule has 2 aromatic rings. The lowest BCUT2D eigenvalue weighted by molar-refractivity contribution is -0.134. The molecule has 5 fully saturated rings. The van der Waals surface area contributed by atoms with Crippen LogP contribution in [0.2, 0.25) is 5.28 Å². The highest BCUT2D eigenvalue weighted by molar-refractivity contribution is 7.56. The second-order valence-electron chi connectivity index (χ2n) is 12.9. The molecule has 3 heterocycles. The molecule has 6 N–H and O–H groups in total. The first-order chi connectivity index (χ1) is 18.2. The van der Waals surface area contributed by atoms with Crippen molar-refractivity contribution in [2.75, 3.05) is 18.0 Å². The first-order valence-electron chi connectivity index (χ1n) is 13.2. The Kier molecular flexibility index (Phi) is 6.35. The number of carboxylic acids is 1. The molecule has 3 unspecified atom stereocenters. The van der Waals surface area contributed by atoms with E-state index < -0.39 is 44.2 Å². The monoisotopic (exact) mass is 584 g/mol. The zero-order valence-electron chi connectivity index (χ0n) is 21.7. The fraction of sp³-hybridized carbons (Fsp3) is 0.750. The van der Waals surface area contributed by atoms with Gasteiger partial charge in [-0.25, -0.2) is 10.1 Å². The van der Waals surface area contributed by atoms with Gasteiger partial charge < -0.3 is 30.3 Å². The smallest absolute Gasteiger partial charge is 0.314 e. The molecule has 0 spiro atoms. The molecule has 15 heteroatoms. The Morgan fingerprint density at radius 2 is 1.87 bits per heavy atom. The number of carbonyl (C=O) groups is 1. The molecule has 5 aliphatic rings. The maximum absolute atomic E-state index is 12.0. The molecule has 0 aromatic carbocycles. The van der Waals surface area contributed by atoms with Gasteiger partial charge in [0.15, 0.2) is 23.2 Å². The number of nitrogens with one attached hydrogen (secondary N) is 2. The highest BCUT2D eigenvalue weighted by Crippen LogP contribution is 2.67. The maximum Gasteiger partial charge on any atom is 0.314 e. The fourth-order valence-corrected chi connectivity index (χ4v) is 9.71. The van der Waals surface area contributed by atoms with Crippen LogP contribution in [-0.2, 0) is 14.1 Å². The van der Waals surface area contributed by atoms with Gasteiger partial charge in [0, 0.05) is 12.1 Å². The molecule has 7 rings (SSSR count). The fourth-order valence-electron chi connectivity index (χ4n) is 8.60. The largest absolute Gasteiger partial charge is 0.481 e. The normalized spacial score (nSPS) is 40.7. The molecule has 1 aliphatic heterocycles. The summed E-state index contributed by atoms with van der Waals surface area (Å²) in [6.45, 7) is 4.42. The lowest BCUT2D eigenvalue weighted by Gasteiger charge is -2.65. The summed E-state index contributed by atoms with van der Waals surface area (Å²) in [5.41, 5.74) is 1.20. The van der Waals surface area contributed by atoms with Crippen molar-refractivity contribution in [2.45, 2.75) is 82.5 Å². The van der Waals surface area contributed by atoms with Crippen LogP contribution in [0.4, 0.5) is 5.82 Å². The Balaban J connectivity index is 1.26. The number of aliphatic hydroxyl groups is 2. The van der Waals surface area contributed by atoms with Crippen LogP contribution in [0.15, 0.2) is 6.33 Å². The van der Waals surface area contributed by atoms with E-state index in [1.54, 1.807) is 0 Å². The standard InChI is InChI=1S/C24H34ClN6O7P/c1-22-3-12-4-23(2,8-22)10-24(5-12,9-22)30-18-15-19(29-21(25)28-18)31(11-26-15)20-17(35)16(34)13(38-20)6-27-39(36,37)7-14(32)33/h11-13,16-17,20,34-35H,3-10H2,1-2H3,(H,32,33)(H2,27,36,37)(H,28,29,30)/t12-,13-,16?,17?,20-,22+,23-,24-/m1/s1. The van der Waals surface area contributed by atoms with Crippen LogP contribution in [-0.4, -0.2) is 82.3 Å². The van der Waals surface area contributed by atoms with Gasteiger partial charge in [0.25, 0.3) is 7.52 Å². The summed E-state index contributed by atoms with van der Waals surface area (Å²) in [4.78, 5) is 34.0. The van der Waals surface area contributed by atoms with Gasteiger partial charge in [-0.3, -0.25) is 13.9 Å². The van der Waals surface area contributed by atoms with Crippen molar-refractivity contribution in [3.8, 4) is 0 Å². The van der Waals surface area contributed by atoms with E-state index in [1.165, 1.54) is 30.2 Å². The number of aliphatic hydroxyl groups excluding tert-OH is 2. The molecule has 39 heavy (non-hydrogen) atoms. The van der Waals surface area contributed by atoms with E-state index in [1.807, 2.05) is 0 Å². The van der Waals surface area contributed by atoms with Gasteiger partial charge in [0.05, 0.1) is 6.33 Å². The Labute approximate surface area is 229 Å². The summed E-state index contributed by atoms with van der Waals surface area (Å²) < 4.78 is 19.3. The first-order valence-corrected chi connectivity index (χ1v) is 15.4. The van der Waals surface area contributed by atoms with E-state index in [2.05, 4.69) is 39.2 Å². The van der Waals surface area contributed by atoms with Gasteiger partial charge in [-0.1, -0.05) is 13.8 Å². The van der Waals surface area contributed by atoms with Gasteiger partial charge in [-0.15, -0.1) is 0 Å². The van der Waals surface area contributed by atoms with Gasteiger partial charge in [-0.2, -0.15) is 9.97 Å². The minimum absolute atomic E-state index is 0.00459. The number of aliphatic carboxylic acids is 1. The van der Waals surface area contributed by atoms with Gasteiger partial charge in [0.1, 0.15) is 24.5 Å². The Morgan fingerprint density at radius 1 is 1.18 bits per heavy atom. The van der Waals surface area contributed by atoms with E-state index in [9.17, 15) is 24.5 Å². The summed E-state index contributed by atoms with van der Waals surface area (Å²) in [6, 6.07) is 0. The summed E-state index contributed by atoms with van der Waals surface area (Å²) >= 11 is 6.36. The molecule has 2 aromatic heterocycles. The van der Waals surface area contributed by atoms with Crippen molar-refractivity contribution >= 4 is 42.1 Å². The van der Waals surface area contributed by atoms with Gasteiger partial charge in [-0.05, 0) is 66.9 Å². The van der Waals surface area contributed by atoms with E-state index in [0.29, 0.717) is 22.9 Å². The molecular formula is C24H34ClN6O7P. The minimum atomic E-state index is -4.21. The third kappa shape index (κ3) is 4.96. The van der Waals surface area contributed by atoms with E-state index in [0.717, 1.165) is 19.3 Å². The van der Waals surface area contributed by atoms with Crippen LogP contribution in [0.3, 0.4) is 0 Å². The number of imidazole rings is 1. The third-order valence-corrected chi connectivity index (χ3v) is 10.4. The summed E-state index contributed by atoms with van der Waals surface area (Å²) in [6.07, 6.45) is 2.25. The molecule has 0 radical (unpaired) electrons. The molecule has 0 amide bonds. The molecule has 13 nitrogen and oxygen atoms in total. The molecule has 4 aliphatic carbocycles. The van der Waals surface area contributed by atoms with Crippen molar-refractivity contribution in [1.29, 1.82) is 0 Å². The zero-order valence-corrected chi connectivity index (χ0v) is 23.4. The molecule has 214 valence electrons. The van der Waals surface area contributed by atoms with Crippen LogP contribution >= 0.6 is 19.1 Å². The van der Waals surface area contributed by atoms with Crippen LogP contribution in [0, 0.1) is 16.7 Å². The second kappa shape index (κ2) is 9.07. The molecule has 4 saturated carbocycles. The number of halogens is 1. The number of rotatable bonds is 8. The number of aromatic nitrogens is 4. The van der Waals surface area contributed by atoms with E-state index in [-0.39, 0.29) is 28.2 Å². The van der Waals surface area contributed by atoms with Crippen LogP contribution in [0.25, 0.3) is 11.2 Å². The lowest BCUT2D eigenvalue weighted by atomic mass is 9.43. The Hall–Kier alpha value is -1.86. The summed E-state index contributed by atoms with van der Waals surface area (Å²) in [7, 11) is -4.21. The van der Waals surface area contributed by atoms with Crippen molar-refractivity contribution in [3.05, 3.63) is 11.6 Å². The quantitative estimate of drug-likeness (QED) is 0.196. The number of hydrogen-bond acceptors (Lipinski definition) is 9. The number of fused-ring (bicyclic) bond motifs is 1. The van der Waals surface area contributed by atoms with Crippen molar-refractivity contribution < 1.29 is 34.3 Å². The minimum Gasteiger partial charge on any atom is -0.481 e. The van der Waals surface area contributed by atoms with Crippen molar-refractivity contribution in [2.24, 2.45) is 16.7 Å². The SMILES string of the molecule is C[C@]12C[C@@H]3C[C@](C)(C1)C[C@@](Nc1nc(Cl)nc4c1ncn4[C@@H]1O[C@H](CNP(=O)(O)CC(=O)O)C(O)C1O)(C3)C2. The molecule has 4 bridgehead atoms. The lowest BCUT2D eigenvalue weighted by Crippen LogP contribution is -2.61. The summed E-state index contributed by atoms with van der Waals surface area (Å²) in [5, 5.41) is 36.1. The predicted octanol–water partition coefficient (Wildman–Crippen LogP) is 2.12. The van der Waals surface area contributed by atoms with E-state index in [4.69, 9.17) is 21.4 Å². The van der Waals surface area contributed by atoms with Crippen LogP contribution in [0.5, 0.6) is 0 Å². The molecule has 1 saturated heterocycles. The zero-order chi connectivity index (χ0) is 28.0. The third-order valence-electron chi connectivity index (χ3n) is 8.90. The summed E-state index contributed by atoms with van der Waals surface area (Å²) in [5.74, 6) is -0.270. The topological polar surface area (TPSA) is 192 Å². The number of ether oxygens (including phenoxy) is 1. The van der Waals surface area contributed by atoms with Gasteiger partial charge >= 0.3 is 5.97 Å². The maximum atomic E-state index is 12.0. The Bertz CT molecular complexity index is 1360. The Morgan fingerprint density at radius 3 is 2.51 bits per heavy atom. The van der Waals surface area contributed by atoms with Crippen molar-refractivity contribution in [1.82, 2.24) is 24.6 Å². The van der Waals surface area contributed by atoms with E-state index >= 15 is 0 Å². The number of carboxylic acid groups (broad SMARTS) is 1. The van der Waals surface area contributed by atoms with Crippen LogP contribution < -0.4 is 10.4 Å². The average molecular weight is 585 g/mol. The average Bonchev–Trinajstić information content (AvgIpc) is 3.30. The number of anilines is 1. The number of hydrogen-bond donors (Lipinski definition) is 6.